The molecule has 142 valence electrons. The molecular formula is C19H17F4N3O. The number of benzene rings is 2. The Morgan fingerprint density at radius 3 is 2.48 bits per heavy atom. The van der Waals surface area contributed by atoms with Crippen molar-refractivity contribution in [1.29, 1.82) is 0 Å². The summed E-state index contributed by atoms with van der Waals surface area (Å²) in [6, 6.07) is 10.9. The summed E-state index contributed by atoms with van der Waals surface area (Å²) in [6.45, 7) is 2.24. The van der Waals surface area contributed by atoms with Crippen molar-refractivity contribution < 1.29 is 22.1 Å². The molecule has 27 heavy (non-hydrogen) atoms. The molecule has 4 nitrogen and oxygen atoms in total. The molecule has 0 saturated heterocycles. The lowest BCUT2D eigenvalue weighted by molar-refractivity contribution is -0.137. The van der Waals surface area contributed by atoms with Crippen LogP contribution < -0.4 is 0 Å². The van der Waals surface area contributed by atoms with Crippen LogP contribution in [0.5, 0.6) is 0 Å². The molecule has 2 aromatic carbocycles. The van der Waals surface area contributed by atoms with E-state index in [0.717, 1.165) is 17.7 Å². The number of rotatable bonds is 5. The Morgan fingerprint density at radius 1 is 1.11 bits per heavy atom. The zero-order valence-electron chi connectivity index (χ0n) is 14.7. The summed E-state index contributed by atoms with van der Waals surface area (Å²) in [4.78, 5) is 6.10. The van der Waals surface area contributed by atoms with Gasteiger partial charge in [-0.3, -0.25) is 4.90 Å². The van der Waals surface area contributed by atoms with E-state index < -0.39 is 11.7 Å². The Hall–Kier alpha value is -2.74. The standard InChI is InChI=1S/C19H17F4N3O/c1-12(13-6-8-16(20)9-7-13)26(2)11-17-24-18(25-27-17)14-4-3-5-15(10-14)19(21,22)23/h3-10,12H,11H2,1-2H3. The third kappa shape index (κ3) is 4.51. The molecule has 0 N–H and O–H groups in total. The highest BCUT2D eigenvalue weighted by Crippen LogP contribution is 2.31. The Morgan fingerprint density at radius 2 is 1.81 bits per heavy atom. The van der Waals surface area contributed by atoms with E-state index >= 15 is 0 Å². The maximum absolute atomic E-state index is 13.0. The molecule has 1 atom stereocenters. The lowest BCUT2D eigenvalue weighted by atomic mass is 10.1. The smallest absolute Gasteiger partial charge is 0.338 e. The number of aromatic nitrogens is 2. The molecule has 8 heteroatoms. The fraction of sp³-hybridized carbons (Fsp3) is 0.263. The van der Waals surface area contributed by atoms with Gasteiger partial charge in [-0.1, -0.05) is 29.4 Å². The van der Waals surface area contributed by atoms with Crippen LogP contribution in [-0.4, -0.2) is 22.1 Å². The van der Waals surface area contributed by atoms with Crippen molar-refractivity contribution in [3.8, 4) is 11.4 Å². The Bertz CT molecular complexity index is 906. The average Bonchev–Trinajstić information content (AvgIpc) is 3.09. The molecule has 0 radical (unpaired) electrons. The van der Waals surface area contributed by atoms with E-state index in [-0.39, 0.29) is 29.1 Å². The summed E-state index contributed by atoms with van der Waals surface area (Å²) in [5, 5.41) is 3.78. The molecule has 1 aromatic heterocycles. The van der Waals surface area contributed by atoms with E-state index in [2.05, 4.69) is 10.1 Å². The van der Waals surface area contributed by atoms with Crippen molar-refractivity contribution in [3.05, 3.63) is 71.4 Å². The summed E-state index contributed by atoms with van der Waals surface area (Å²) in [5.41, 5.74) is 0.374. The van der Waals surface area contributed by atoms with Gasteiger partial charge in [0.15, 0.2) is 0 Å². The number of halogens is 4. The first-order chi connectivity index (χ1) is 12.7. The fourth-order valence-electron chi connectivity index (χ4n) is 2.62. The van der Waals surface area contributed by atoms with Crippen molar-refractivity contribution in [1.82, 2.24) is 15.0 Å². The van der Waals surface area contributed by atoms with E-state index in [1.165, 1.54) is 24.3 Å². The van der Waals surface area contributed by atoms with Gasteiger partial charge in [0.05, 0.1) is 12.1 Å². The molecule has 0 spiro atoms. The van der Waals surface area contributed by atoms with E-state index in [1.54, 1.807) is 12.1 Å². The van der Waals surface area contributed by atoms with Gasteiger partial charge in [0.25, 0.3) is 0 Å². The van der Waals surface area contributed by atoms with Crippen LogP contribution in [0.25, 0.3) is 11.4 Å². The largest absolute Gasteiger partial charge is 0.416 e. The van der Waals surface area contributed by atoms with Crippen LogP contribution in [-0.2, 0) is 12.7 Å². The van der Waals surface area contributed by atoms with Gasteiger partial charge in [0.1, 0.15) is 5.82 Å². The van der Waals surface area contributed by atoms with Crippen LogP contribution in [0.4, 0.5) is 17.6 Å². The highest BCUT2D eigenvalue weighted by atomic mass is 19.4. The van der Waals surface area contributed by atoms with Crippen molar-refractivity contribution in [2.75, 3.05) is 7.05 Å². The minimum absolute atomic E-state index is 0.0468. The molecule has 0 aliphatic carbocycles. The van der Waals surface area contributed by atoms with E-state index in [1.807, 2.05) is 18.9 Å². The van der Waals surface area contributed by atoms with Gasteiger partial charge in [-0.05, 0) is 43.8 Å². The third-order valence-corrected chi connectivity index (χ3v) is 4.31. The lowest BCUT2D eigenvalue weighted by Gasteiger charge is -2.23. The second-order valence-corrected chi connectivity index (χ2v) is 6.23. The van der Waals surface area contributed by atoms with Gasteiger partial charge in [-0.15, -0.1) is 0 Å². The van der Waals surface area contributed by atoms with Gasteiger partial charge in [0, 0.05) is 11.6 Å². The minimum atomic E-state index is -4.44. The summed E-state index contributed by atoms with van der Waals surface area (Å²) >= 11 is 0. The van der Waals surface area contributed by atoms with Crippen LogP contribution in [0, 0.1) is 5.82 Å². The van der Waals surface area contributed by atoms with Crippen LogP contribution in [0.3, 0.4) is 0 Å². The maximum Gasteiger partial charge on any atom is 0.416 e. The second kappa shape index (κ2) is 7.48. The first-order valence-corrected chi connectivity index (χ1v) is 8.20. The monoisotopic (exact) mass is 379 g/mol. The number of nitrogens with zero attached hydrogens (tertiary/aromatic N) is 3. The zero-order chi connectivity index (χ0) is 19.6. The molecule has 0 aliphatic heterocycles. The van der Waals surface area contributed by atoms with Crippen LogP contribution in [0.2, 0.25) is 0 Å². The van der Waals surface area contributed by atoms with Gasteiger partial charge in [-0.2, -0.15) is 18.2 Å². The SMILES string of the molecule is CC(c1ccc(F)cc1)N(C)Cc1nc(-c2cccc(C(F)(F)F)c2)no1. The number of alkyl halides is 3. The highest BCUT2D eigenvalue weighted by Gasteiger charge is 2.30. The predicted molar refractivity (Wildman–Crippen MR) is 91.0 cm³/mol. The Labute approximate surface area is 153 Å². The summed E-state index contributed by atoms with van der Waals surface area (Å²) < 4.78 is 56.7. The molecule has 0 aliphatic rings. The quantitative estimate of drug-likeness (QED) is 0.579. The predicted octanol–water partition coefficient (Wildman–Crippen LogP) is 5.09. The number of hydrogen-bond donors (Lipinski definition) is 0. The van der Waals surface area contributed by atoms with Gasteiger partial charge < -0.3 is 4.52 Å². The van der Waals surface area contributed by atoms with Crippen LogP contribution >= 0.6 is 0 Å². The van der Waals surface area contributed by atoms with E-state index in [9.17, 15) is 17.6 Å². The van der Waals surface area contributed by atoms with Crippen molar-refractivity contribution in [3.63, 3.8) is 0 Å². The van der Waals surface area contributed by atoms with Crippen LogP contribution in [0.1, 0.15) is 30.0 Å². The Balaban J connectivity index is 1.73. The maximum atomic E-state index is 13.0. The molecule has 0 amide bonds. The van der Waals surface area contributed by atoms with Gasteiger partial charge in [-0.25, -0.2) is 4.39 Å². The zero-order valence-corrected chi connectivity index (χ0v) is 14.7. The minimum Gasteiger partial charge on any atom is -0.338 e. The molecule has 0 fully saturated rings. The van der Waals surface area contributed by atoms with Gasteiger partial charge >= 0.3 is 6.18 Å². The van der Waals surface area contributed by atoms with Crippen molar-refractivity contribution in [2.24, 2.45) is 0 Å². The van der Waals surface area contributed by atoms with Crippen molar-refractivity contribution in [2.45, 2.75) is 25.7 Å². The topological polar surface area (TPSA) is 42.2 Å². The fourth-order valence-corrected chi connectivity index (χ4v) is 2.62. The van der Waals surface area contributed by atoms with E-state index in [0.29, 0.717) is 6.54 Å². The third-order valence-electron chi connectivity index (χ3n) is 4.31. The Kier molecular flexibility index (Phi) is 5.27. The normalized spacial score (nSPS) is 13.1. The van der Waals surface area contributed by atoms with E-state index in [4.69, 9.17) is 4.52 Å². The first-order valence-electron chi connectivity index (χ1n) is 8.20. The van der Waals surface area contributed by atoms with Gasteiger partial charge in [0.2, 0.25) is 11.7 Å². The lowest BCUT2D eigenvalue weighted by Crippen LogP contribution is -2.22. The van der Waals surface area contributed by atoms with Crippen LogP contribution in [0.15, 0.2) is 53.1 Å². The van der Waals surface area contributed by atoms with Crippen molar-refractivity contribution >= 4 is 0 Å². The molecule has 3 rings (SSSR count). The molecule has 0 saturated carbocycles. The average molecular weight is 379 g/mol. The second-order valence-electron chi connectivity index (χ2n) is 6.23. The number of hydrogen-bond acceptors (Lipinski definition) is 4. The molecule has 1 heterocycles. The summed E-state index contributed by atoms with van der Waals surface area (Å²) in [5.74, 6) is 0.0639. The molecule has 1 unspecified atom stereocenters. The highest BCUT2D eigenvalue weighted by molar-refractivity contribution is 5.55. The summed E-state index contributed by atoms with van der Waals surface area (Å²) in [7, 11) is 1.84. The summed E-state index contributed by atoms with van der Waals surface area (Å²) in [6.07, 6.45) is -4.44. The molecule has 3 aromatic rings. The molecular weight excluding hydrogens is 362 g/mol. The molecule has 0 bridgehead atoms. The first kappa shape index (κ1) is 19.0.